The van der Waals surface area contributed by atoms with Crippen LogP contribution in [0.25, 0.3) is 0 Å². The van der Waals surface area contributed by atoms with Gasteiger partial charge < -0.3 is 10.0 Å². The third kappa shape index (κ3) is 3.63. The van der Waals surface area contributed by atoms with Crippen molar-refractivity contribution in [1.82, 2.24) is 4.98 Å². The molecule has 0 aliphatic carbocycles. The second kappa shape index (κ2) is 6.58. The lowest BCUT2D eigenvalue weighted by Gasteiger charge is -2.31. The van der Waals surface area contributed by atoms with E-state index in [1.54, 1.807) is 24.5 Å². The Morgan fingerprint density at radius 1 is 1.29 bits per heavy atom. The van der Waals surface area contributed by atoms with Crippen molar-refractivity contribution in [1.29, 1.82) is 0 Å². The average molecular weight is 302 g/mol. The normalized spacial score (nSPS) is 17.9. The fraction of sp³-hybridized carbons (Fsp3) is 0.471. The molecule has 0 radical (unpaired) electrons. The molecular weight excluding hydrogens is 280 g/mol. The van der Waals surface area contributed by atoms with Crippen molar-refractivity contribution in [2.75, 3.05) is 18.0 Å². The van der Waals surface area contributed by atoms with Gasteiger partial charge in [-0.05, 0) is 37.7 Å². The number of aliphatic hydroxyl groups excluding tert-OH is 1. The molecule has 1 saturated heterocycles. The first-order valence-corrected chi connectivity index (χ1v) is 8.46. The van der Waals surface area contributed by atoms with Gasteiger partial charge in [-0.25, -0.2) is 4.98 Å². The number of thiazole rings is 1. The monoisotopic (exact) mass is 302 g/mol. The Labute approximate surface area is 130 Å². The summed E-state index contributed by atoms with van der Waals surface area (Å²) in [6, 6.07) is 10.8. The van der Waals surface area contributed by atoms with Gasteiger partial charge in [0.2, 0.25) is 0 Å². The molecule has 0 spiro atoms. The quantitative estimate of drug-likeness (QED) is 0.936. The van der Waals surface area contributed by atoms with Gasteiger partial charge in [0.1, 0.15) is 0 Å². The minimum absolute atomic E-state index is 0.410. The third-order valence-corrected chi connectivity index (χ3v) is 5.40. The van der Waals surface area contributed by atoms with Gasteiger partial charge in [-0.15, -0.1) is 0 Å². The summed E-state index contributed by atoms with van der Waals surface area (Å²) in [6.45, 7) is 3.94. The Hall–Kier alpha value is -1.39. The van der Waals surface area contributed by atoms with E-state index in [0.29, 0.717) is 0 Å². The molecule has 1 aromatic carbocycles. The van der Waals surface area contributed by atoms with E-state index in [9.17, 15) is 5.11 Å². The molecule has 21 heavy (non-hydrogen) atoms. The third-order valence-electron chi connectivity index (χ3n) is 4.18. The van der Waals surface area contributed by atoms with Crippen LogP contribution in [-0.4, -0.2) is 23.2 Å². The first kappa shape index (κ1) is 14.5. The van der Waals surface area contributed by atoms with Crippen LogP contribution in [-0.2, 0) is 6.42 Å². The molecule has 3 nitrogen and oxygen atoms in total. The van der Waals surface area contributed by atoms with E-state index in [1.165, 1.54) is 24.8 Å². The highest BCUT2D eigenvalue weighted by molar-refractivity contribution is 7.15. The van der Waals surface area contributed by atoms with Gasteiger partial charge in [-0.2, -0.15) is 0 Å². The van der Waals surface area contributed by atoms with Gasteiger partial charge in [-0.1, -0.05) is 41.7 Å². The van der Waals surface area contributed by atoms with Crippen LogP contribution >= 0.6 is 11.3 Å². The number of piperidine rings is 1. The zero-order chi connectivity index (χ0) is 14.7. The van der Waals surface area contributed by atoms with E-state index in [2.05, 4.69) is 40.2 Å². The zero-order valence-electron chi connectivity index (χ0n) is 12.4. The van der Waals surface area contributed by atoms with Crippen molar-refractivity contribution >= 4 is 16.5 Å². The summed E-state index contributed by atoms with van der Waals surface area (Å²) >= 11 is 1.62. The molecule has 1 N–H and O–H groups in total. The van der Waals surface area contributed by atoms with Crippen LogP contribution in [0.15, 0.2) is 36.5 Å². The lowest BCUT2D eigenvalue weighted by Crippen LogP contribution is -2.34. The molecule has 1 unspecified atom stereocenters. The summed E-state index contributed by atoms with van der Waals surface area (Å²) in [4.78, 5) is 7.77. The Kier molecular flexibility index (Phi) is 4.56. The zero-order valence-corrected chi connectivity index (χ0v) is 13.2. The van der Waals surface area contributed by atoms with E-state index in [1.807, 2.05) is 0 Å². The molecule has 1 atom stereocenters. The van der Waals surface area contributed by atoms with E-state index in [0.717, 1.165) is 29.0 Å². The van der Waals surface area contributed by atoms with Crippen molar-refractivity contribution in [3.8, 4) is 0 Å². The highest BCUT2D eigenvalue weighted by atomic mass is 32.1. The van der Waals surface area contributed by atoms with E-state index >= 15 is 0 Å². The maximum atomic E-state index is 9.59. The Morgan fingerprint density at radius 3 is 2.62 bits per heavy atom. The van der Waals surface area contributed by atoms with E-state index in [4.69, 9.17) is 0 Å². The van der Waals surface area contributed by atoms with Crippen LogP contribution in [0.2, 0.25) is 0 Å². The molecule has 4 heteroatoms. The number of aromatic nitrogens is 1. The van der Waals surface area contributed by atoms with Crippen molar-refractivity contribution < 1.29 is 5.11 Å². The smallest absolute Gasteiger partial charge is 0.185 e. The SMILES string of the molecule is CC(O)c1cnc(N2CCC(Cc3ccccc3)CC2)s1. The lowest BCUT2D eigenvalue weighted by molar-refractivity contribution is 0.203. The summed E-state index contributed by atoms with van der Waals surface area (Å²) < 4.78 is 0. The second-order valence-corrected chi connectivity index (χ2v) is 6.88. The first-order valence-electron chi connectivity index (χ1n) is 7.65. The summed E-state index contributed by atoms with van der Waals surface area (Å²) in [5.74, 6) is 0.778. The maximum Gasteiger partial charge on any atom is 0.185 e. The van der Waals surface area contributed by atoms with Crippen molar-refractivity contribution in [3.63, 3.8) is 0 Å². The van der Waals surface area contributed by atoms with Crippen LogP contribution in [0.4, 0.5) is 5.13 Å². The molecule has 0 bridgehead atoms. The van der Waals surface area contributed by atoms with Gasteiger partial charge in [0.25, 0.3) is 0 Å². The number of rotatable bonds is 4. The summed E-state index contributed by atoms with van der Waals surface area (Å²) in [6.07, 6.45) is 5.02. The summed E-state index contributed by atoms with van der Waals surface area (Å²) in [5, 5.41) is 10.7. The molecule has 1 aliphatic heterocycles. The lowest BCUT2D eigenvalue weighted by atomic mass is 9.90. The Bertz CT molecular complexity index is 559. The van der Waals surface area contributed by atoms with Gasteiger partial charge in [-0.3, -0.25) is 0 Å². The summed E-state index contributed by atoms with van der Waals surface area (Å²) in [7, 11) is 0. The Balaban J connectivity index is 1.55. The number of anilines is 1. The van der Waals surface area contributed by atoms with Gasteiger partial charge >= 0.3 is 0 Å². The van der Waals surface area contributed by atoms with Crippen molar-refractivity contribution in [2.45, 2.75) is 32.3 Å². The fourth-order valence-electron chi connectivity index (χ4n) is 2.89. The maximum absolute atomic E-state index is 9.59. The van der Waals surface area contributed by atoms with Crippen molar-refractivity contribution in [2.24, 2.45) is 5.92 Å². The van der Waals surface area contributed by atoms with Gasteiger partial charge in [0.05, 0.1) is 11.0 Å². The molecule has 0 amide bonds. The fourth-order valence-corrected chi connectivity index (χ4v) is 3.80. The molecule has 2 heterocycles. The minimum atomic E-state index is -0.410. The molecular formula is C17H22N2OS. The molecule has 1 fully saturated rings. The number of nitrogens with zero attached hydrogens (tertiary/aromatic N) is 2. The number of hydrogen-bond acceptors (Lipinski definition) is 4. The summed E-state index contributed by atoms with van der Waals surface area (Å²) in [5.41, 5.74) is 1.45. The highest BCUT2D eigenvalue weighted by Gasteiger charge is 2.21. The van der Waals surface area contributed by atoms with Crippen LogP contribution in [0, 0.1) is 5.92 Å². The molecule has 3 rings (SSSR count). The second-order valence-electron chi connectivity index (χ2n) is 5.84. The van der Waals surface area contributed by atoms with Crippen LogP contribution in [0.5, 0.6) is 0 Å². The Morgan fingerprint density at radius 2 is 2.00 bits per heavy atom. The van der Waals surface area contributed by atoms with E-state index < -0.39 is 6.10 Å². The molecule has 112 valence electrons. The van der Waals surface area contributed by atoms with Crippen LogP contribution in [0.3, 0.4) is 0 Å². The molecule has 2 aromatic rings. The van der Waals surface area contributed by atoms with Crippen molar-refractivity contribution in [3.05, 3.63) is 47.0 Å². The van der Waals surface area contributed by atoms with Gasteiger partial charge in [0.15, 0.2) is 5.13 Å². The first-order chi connectivity index (χ1) is 10.2. The molecule has 1 aromatic heterocycles. The van der Waals surface area contributed by atoms with Crippen LogP contribution in [0.1, 0.15) is 36.3 Å². The predicted octanol–water partition coefficient (Wildman–Crippen LogP) is 3.66. The number of benzene rings is 1. The number of hydrogen-bond donors (Lipinski definition) is 1. The predicted molar refractivity (Wildman–Crippen MR) is 87.8 cm³/mol. The molecule has 1 aliphatic rings. The molecule has 0 saturated carbocycles. The van der Waals surface area contributed by atoms with Crippen LogP contribution < -0.4 is 4.90 Å². The van der Waals surface area contributed by atoms with E-state index in [-0.39, 0.29) is 0 Å². The topological polar surface area (TPSA) is 36.4 Å². The largest absolute Gasteiger partial charge is 0.388 e. The number of aliphatic hydroxyl groups is 1. The highest BCUT2D eigenvalue weighted by Crippen LogP contribution is 2.30. The standard InChI is InChI=1S/C17H22N2OS/c1-13(20)16-12-18-17(21-16)19-9-7-15(8-10-19)11-14-5-3-2-4-6-14/h2-6,12-13,15,20H,7-11H2,1H3. The van der Waals surface area contributed by atoms with Gasteiger partial charge in [0, 0.05) is 19.3 Å². The minimum Gasteiger partial charge on any atom is -0.388 e. The average Bonchev–Trinajstić information content (AvgIpc) is 2.99.